The van der Waals surface area contributed by atoms with E-state index < -0.39 is 6.16 Å². The summed E-state index contributed by atoms with van der Waals surface area (Å²) in [7, 11) is 4.00. The average Bonchev–Trinajstić information content (AvgIpc) is 1.33. The Morgan fingerprint density at radius 2 is 1.71 bits per heavy atom. The summed E-state index contributed by atoms with van der Waals surface area (Å²) in [5.41, 5.74) is 0. The van der Waals surface area contributed by atoms with Crippen LogP contribution in [0.3, 0.4) is 0 Å². The summed E-state index contributed by atoms with van der Waals surface area (Å²) >= 11 is 0. The van der Waals surface area contributed by atoms with Crippen LogP contribution in [-0.4, -0.2) is 25.4 Å². The van der Waals surface area contributed by atoms with Gasteiger partial charge >= 0.3 is 0 Å². The number of carbonyl (C=O) groups is 1. The summed E-state index contributed by atoms with van der Waals surface area (Å²) < 4.78 is 0. The fourth-order valence-corrected chi connectivity index (χ4v) is 0. The Bertz CT molecular complexity index is 41.4. The van der Waals surface area contributed by atoms with Crippen molar-refractivity contribution in [2.75, 3.05) is 14.1 Å². The molecule has 0 fully saturated rings. The van der Waals surface area contributed by atoms with Crippen LogP contribution in [0.2, 0.25) is 0 Å². The highest BCUT2D eigenvalue weighted by Crippen LogP contribution is 1.32. The van der Waals surface area contributed by atoms with Gasteiger partial charge in [0.25, 0.3) is 0 Å². The molecule has 0 bridgehead atoms. The molecule has 0 aromatic rings. The molecule has 0 aromatic heterocycles. The van der Waals surface area contributed by atoms with Gasteiger partial charge in [-0.25, -0.2) is 0 Å². The summed E-state index contributed by atoms with van der Waals surface area (Å²) in [6.07, 6.45) is -2.08. The number of quaternary nitrogens is 1. The van der Waals surface area contributed by atoms with Crippen LogP contribution in [0.1, 0.15) is 0 Å². The first-order valence-corrected chi connectivity index (χ1v) is 1.79. The van der Waals surface area contributed by atoms with Crippen molar-refractivity contribution in [1.82, 2.24) is 0 Å². The van der Waals surface area contributed by atoms with Gasteiger partial charge in [0.05, 0.1) is 14.1 Å². The fourth-order valence-electron chi connectivity index (χ4n) is 0. The molecule has 3 N–H and O–H groups in total. The van der Waals surface area contributed by atoms with Crippen molar-refractivity contribution in [2.45, 2.75) is 0 Å². The van der Waals surface area contributed by atoms with Crippen molar-refractivity contribution in [3.63, 3.8) is 0 Å². The summed E-state index contributed by atoms with van der Waals surface area (Å²) in [5, 5.41) is 17.3. The Morgan fingerprint density at radius 3 is 1.71 bits per heavy atom. The van der Waals surface area contributed by atoms with Crippen molar-refractivity contribution in [3.05, 3.63) is 0 Å². The molecule has 0 radical (unpaired) electrons. The number of hydrogen-bond acceptors (Lipinski definition) is 2. The zero-order valence-electron chi connectivity index (χ0n) is 4.34. The van der Waals surface area contributed by atoms with E-state index in [9.17, 15) is 0 Å². The lowest BCUT2D eigenvalue weighted by Crippen LogP contribution is -2.74. The maximum absolute atomic E-state index is 8.44. The Kier molecular flexibility index (Phi) is 12.2. The first-order chi connectivity index (χ1) is 3.15. The van der Waals surface area contributed by atoms with Crippen molar-refractivity contribution in [2.24, 2.45) is 0 Å². The third-order valence-corrected chi connectivity index (χ3v) is 0. The Hall–Kier alpha value is -0.770. The molecule has 0 aromatic carbocycles. The molecule has 0 atom stereocenters. The molecular formula is C3H9NO3. The van der Waals surface area contributed by atoms with Crippen molar-refractivity contribution < 1.29 is 20.3 Å². The smallest absolute Gasteiger partial charge is 0.249 e. The van der Waals surface area contributed by atoms with Gasteiger partial charge in [-0.05, 0) is 0 Å². The highest BCUT2D eigenvalue weighted by Gasteiger charge is 1.51. The molecule has 0 aliphatic rings. The fraction of sp³-hybridized carbons (Fsp3) is 0.667. The maximum atomic E-state index is 8.44. The van der Waals surface area contributed by atoms with Crippen molar-refractivity contribution in [1.29, 1.82) is 0 Å². The molecule has 44 valence electrons. The summed E-state index contributed by atoms with van der Waals surface area (Å²) in [5.74, 6) is 0. The third-order valence-electron chi connectivity index (χ3n) is 0. The van der Waals surface area contributed by atoms with Crippen LogP contribution < -0.4 is 10.4 Å². The Labute approximate surface area is 41.8 Å². The van der Waals surface area contributed by atoms with Crippen molar-refractivity contribution >= 4 is 6.16 Å². The minimum atomic E-state index is -2.08. The van der Waals surface area contributed by atoms with E-state index in [1.807, 2.05) is 19.4 Å². The van der Waals surface area contributed by atoms with E-state index in [1.54, 1.807) is 0 Å². The molecule has 0 rings (SSSR count). The Morgan fingerprint density at radius 1 is 1.71 bits per heavy atom. The summed E-state index contributed by atoms with van der Waals surface area (Å²) in [6, 6.07) is 0. The van der Waals surface area contributed by atoms with Gasteiger partial charge in [0.2, 0.25) is 6.16 Å². The topological polar surface area (TPSA) is 77.0 Å². The molecule has 0 aliphatic heterocycles. The number of carboxylic acid groups (broad SMARTS) is 2. The van der Waals surface area contributed by atoms with Crippen LogP contribution in [0.15, 0.2) is 0 Å². The lowest BCUT2D eigenvalue weighted by molar-refractivity contribution is -0.597. The van der Waals surface area contributed by atoms with Gasteiger partial charge < -0.3 is 20.3 Å². The quantitative estimate of drug-likeness (QED) is 0.365. The number of rotatable bonds is 0. The third kappa shape index (κ3) is 92.0. The molecule has 0 aliphatic carbocycles. The summed E-state index contributed by atoms with van der Waals surface area (Å²) in [6.45, 7) is 0. The second kappa shape index (κ2) is 8.97. The molecule has 0 heterocycles. The van der Waals surface area contributed by atoms with Crippen LogP contribution in [0.25, 0.3) is 0 Å². The van der Waals surface area contributed by atoms with Gasteiger partial charge in [0, 0.05) is 0 Å². The zero-order valence-corrected chi connectivity index (χ0v) is 4.34. The maximum Gasteiger partial charge on any atom is 0.249 e. The second-order valence-corrected chi connectivity index (χ2v) is 0.843. The van der Waals surface area contributed by atoms with Gasteiger partial charge in [-0.1, -0.05) is 0 Å². The molecule has 0 amide bonds. The molecule has 4 heteroatoms. The van der Waals surface area contributed by atoms with Crippen LogP contribution in [0, 0.1) is 0 Å². The molecule has 0 spiro atoms. The molecule has 7 heavy (non-hydrogen) atoms. The van der Waals surface area contributed by atoms with Crippen LogP contribution in [0.4, 0.5) is 4.79 Å². The first kappa shape index (κ1) is 9.52. The van der Waals surface area contributed by atoms with Gasteiger partial charge in [0.15, 0.2) is 0 Å². The molecule has 4 nitrogen and oxygen atoms in total. The number of nitrogens with two attached hydrogens (primary N) is 1. The van der Waals surface area contributed by atoms with E-state index in [4.69, 9.17) is 15.0 Å². The summed E-state index contributed by atoms with van der Waals surface area (Å²) in [4.78, 5) is 8.44. The predicted molar refractivity (Wildman–Crippen MR) is 21.8 cm³/mol. The lowest BCUT2D eigenvalue weighted by Gasteiger charge is -1.74. The largest absolute Gasteiger partial charge is 0.565 e. The molecular weight excluding hydrogens is 98.0 g/mol. The molecule has 0 unspecified atom stereocenters. The van der Waals surface area contributed by atoms with E-state index >= 15 is 0 Å². The molecule has 0 saturated carbocycles. The van der Waals surface area contributed by atoms with E-state index in [2.05, 4.69) is 0 Å². The van der Waals surface area contributed by atoms with Gasteiger partial charge in [0.1, 0.15) is 0 Å². The van der Waals surface area contributed by atoms with Crippen LogP contribution in [-0.2, 0) is 0 Å². The number of hydrogen-bond donors (Lipinski definition) is 2. The van der Waals surface area contributed by atoms with Gasteiger partial charge in [-0.2, -0.15) is 0 Å². The van der Waals surface area contributed by atoms with E-state index in [1.165, 1.54) is 0 Å². The highest BCUT2D eigenvalue weighted by molar-refractivity contribution is 5.50. The van der Waals surface area contributed by atoms with Crippen LogP contribution >= 0.6 is 0 Å². The minimum Gasteiger partial charge on any atom is -0.565 e. The molecule has 0 saturated heterocycles. The normalized spacial score (nSPS) is 6.00. The highest BCUT2D eigenvalue weighted by atomic mass is 16.6. The monoisotopic (exact) mass is 107 g/mol. The van der Waals surface area contributed by atoms with Crippen LogP contribution in [0.5, 0.6) is 0 Å². The van der Waals surface area contributed by atoms with Gasteiger partial charge in [-0.15, -0.1) is 0 Å². The average molecular weight is 107 g/mol. The van der Waals surface area contributed by atoms with E-state index in [-0.39, 0.29) is 0 Å². The SMILES string of the molecule is C[NH2+]C.O=C([O-])O. The van der Waals surface area contributed by atoms with E-state index in [0.717, 1.165) is 0 Å². The van der Waals surface area contributed by atoms with Crippen molar-refractivity contribution in [3.8, 4) is 0 Å². The Balaban J connectivity index is 0. The first-order valence-electron chi connectivity index (χ1n) is 1.79. The van der Waals surface area contributed by atoms with E-state index in [0.29, 0.717) is 0 Å². The minimum absolute atomic E-state index is 2.00. The van der Waals surface area contributed by atoms with Gasteiger partial charge in [-0.3, -0.25) is 0 Å². The lowest BCUT2D eigenvalue weighted by atomic mass is 11.3. The standard InChI is InChI=1S/C2H7N.CH2O3/c1-3-2;2-1(3)4/h3H,1-2H3;(H2,2,3,4). The zero-order chi connectivity index (χ0) is 6.28. The second-order valence-electron chi connectivity index (χ2n) is 0.843. The predicted octanol–water partition coefficient (Wildman–Crippen LogP) is -2.30.